The van der Waals surface area contributed by atoms with E-state index in [-0.39, 0.29) is 5.91 Å². The fraction of sp³-hybridized carbons (Fsp3) is 0.391. The molecule has 0 saturated carbocycles. The van der Waals surface area contributed by atoms with Crippen LogP contribution in [0, 0.1) is 0 Å². The molecule has 4 rings (SSSR count). The van der Waals surface area contributed by atoms with Gasteiger partial charge in [-0.05, 0) is 24.5 Å². The molecule has 0 spiro atoms. The first-order valence-electron chi connectivity index (χ1n) is 10.7. The number of hydrogen-bond acceptors (Lipinski definition) is 6. The molecular formula is C23H28N6O2. The van der Waals surface area contributed by atoms with Crippen LogP contribution in [0.3, 0.4) is 0 Å². The van der Waals surface area contributed by atoms with Gasteiger partial charge in [0.2, 0.25) is 5.88 Å². The second-order valence-corrected chi connectivity index (χ2v) is 7.61. The predicted octanol–water partition coefficient (Wildman–Crippen LogP) is 2.58. The molecule has 3 aromatic rings. The molecule has 0 unspecified atom stereocenters. The summed E-state index contributed by atoms with van der Waals surface area (Å²) in [6.45, 7) is 6.24. The minimum Gasteiger partial charge on any atom is -0.480 e. The van der Waals surface area contributed by atoms with Gasteiger partial charge in [-0.2, -0.15) is 5.10 Å². The van der Waals surface area contributed by atoms with Crippen LogP contribution in [0.1, 0.15) is 35.0 Å². The minimum atomic E-state index is 0.0335. The Morgan fingerprint density at radius 1 is 1.03 bits per heavy atom. The summed E-state index contributed by atoms with van der Waals surface area (Å²) in [5, 5.41) is 12.6. The van der Waals surface area contributed by atoms with Gasteiger partial charge in [-0.25, -0.2) is 4.68 Å². The summed E-state index contributed by atoms with van der Waals surface area (Å²) in [5.74, 6) is 1.04. The lowest BCUT2D eigenvalue weighted by Crippen LogP contribution is -2.35. The maximum atomic E-state index is 13.3. The van der Waals surface area contributed by atoms with Crippen molar-refractivity contribution in [2.75, 3.05) is 33.3 Å². The van der Waals surface area contributed by atoms with E-state index in [0.29, 0.717) is 30.2 Å². The first-order chi connectivity index (χ1) is 15.2. The number of rotatable bonds is 6. The fourth-order valence-corrected chi connectivity index (χ4v) is 3.97. The highest BCUT2D eigenvalue weighted by atomic mass is 16.5. The smallest absolute Gasteiger partial charge is 0.257 e. The summed E-state index contributed by atoms with van der Waals surface area (Å²) in [6.07, 6.45) is 3.28. The van der Waals surface area contributed by atoms with Crippen LogP contribution in [0.15, 0.2) is 48.7 Å². The van der Waals surface area contributed by atoms with Crippen LogP contribution >= 0.6 is 0 Å². The Hall–Kier alpha value is -3.26. The minimum absolute atomic E-state index is 0.0335. The van der Waals surface area contributed by atoms with E-state index in [1.165, 1.54) is 5.56 Å². The number of hydrogen-bond donors (Lipinski definition) is 0. The topological polar surface area (TPSA) is 76.4 Å². The molecule has 0 radical (unpaired) electrons. The molecule has 2 aromatic heterocycles. The highest BCUT2D eigenvalue weighted by Gasteiger charge is 2.25. The van der Waals surface area contributed by atoms with Crippen LogP contribution in [-0.2, 0) is 13.0 Å². The molecule has 162 valence electrons. The summed E-state index contributed by atoms with van der Waals surface area (Å²) in [7, 11) is 1.55. The van der Waals surface area contributed by atoms with E-state index in [1.807, 2.05) is 17.9 Å². The molecule has 31 heavy (non-hydrogen) atoms. The zero-order valence-electron chi connectivity index (χ0n) is 18.1. The number of carbonyl (C=O) groups is 1. The van der Waals surface area contributed by atoms with Crippen LogP contribution < -0.4 is 4.74 Å². The normalized spacial score (nSPS) is 15.0. The maximum absolute atomic E-state index is 13.3. The van der Waals surface area contributed by atoms with E-state index in [9.17, 15) is 4.79 Å². The number of amides is 1. The van der Waals surface area contributed by atoms with Gasteiger partial charge < -0.3 is 9.64 Å². The molecule has 1 aromatic carbocycles. The molecule has 3 heterocycles. The average Bonchev–Trinajstić information content (AvgIpc) is 3.11. The van der Waals surface area contributed by atoms with Crippen LogP contribution in [0.2, 0.25) is 0 Å². The molecule has 8 heteroatoms. The van der Waals surface area contributed by atoms with Crippen molar-refractivity contribution in [2.45, 2.75) is 26.3 Å². The first-order valence-corrected chi connectivity index (χ1v) is 10.7. The monoisotopic (exact) mass is 420 g/mol. The molecule has 0 bridgehead atoms. The van der Waals surface area contributed by atoms with Crippen molar-refractivity contribution in [2.24, 2.45) is 0 Å². The van der Waals surface area contributed by atoms with Crippen LogP contribution in [0.5, 0.6) is 5.88 Å². The highest BCUT2D eigenvalue weighted by molar-refractivity contribution is 5.95. The summed E-state index contributed by atoms with van der Waals surface area (Å²) in [5.41, 5.74) is 2.78. The zero-order chi connectivity index (χ0) is 21.6. The summed E-state index contributed by atoms with van der Waals surface area (Å²) in [6, 6.07) is 14.0. The van der Waals surface area contributed by atoms with E-state index < -0.39 is 0 Å². The van der Waals surface area contributed by atoms with E-state index in [1.54, 1.807) is 30.1 Å². The second-order valence-electron chi connectivity index (χ2n) is 7.61. The van der Waals surface area contributed by atoms with Crippen LogP contribution in [0.25, 0.3) is 5.82 Å². The number of nitrogens with zero attached hydrogens (tertiary/aromatic N) is 6. The molecule has 1 amide bonds. The number of ether oxygens (including phenoxy) is 1. The van der Waals surface area contributed by atoms with E-state index in [4.69, 9.17) is 4.74 Å². The number of methoxy groups -OCH3 is 1. The second kappa shape index (κ2) is 9.70. The number of benzene rings is 1. The van der Waals surface area contributed by atoms with Crippen molar-refractivity contribution in [1.29, 1.82) is 0 Å². The van der Waals surface area contributed by atoms with Crippen molar-refractivity contribution in [3.63, 3.8) is 0 Å². The Balaban J connectivity index is 1.47. The van der Waals surface area contributed by atoms with Crippen molar-refractivity contribution in [3.05, 3.63) is 65.5 Å². The predicted molar refractivity (Wildman–Crippen MR) is 117 cm³/mol. The van der Waals surface area contributed by atoms with Gasteiger partial charge in [0.05, 0.1) is 24.6 Å². The van der Waals surface area contributed by atoms with Gasteiger partial charge >= 0.3 is 0 Å². The SMILES string of the molecule is CCc1c(C(=O)N2CCCN(Cc3ccccc3)CC2)cnn1-c1ccc(OC)nn1. The maximum Gasteiger partial charge on any atom is 0.257 e. The van der Waals surface area contributed by atoms with Crippen molar-refractivity contribution >= 4 is 5.91 Å². The molecule has 1 fully saturated rings. The van der Waals surface area contributed by atoms with E-state index in [2.05, 4.69) is 44.5 Å². The molecule has 0 atom stereocenters. The molecule has 1 aliphatic rings. The molecule has 0 N–H and O–H groups in total. The summed E-state index contributed by atoms with van der Waals surface area (Å²) < 4.78 is 6.77. The molecule has 1 saturated heterocycles. The quantitative estimate of drug-likeness (QED) is 0.610. The largest absolute Gasteiger partial charge is 0.480 e. The third kappa shape index (κ3) is 4.74. The zero-order valence-corrected chi connectivity index (χ0v) is 18.1. The molecule has 0 aliphatic carbocycles. The highest BCUT2D eigenvalue weighted by Crippen LogP contribution is 2.18. The Kier molecular flexibility index (Phi) is 6.57. The van der Waals surface area contributed by atoms with Crippen LogP contribution in [0.4, 0.5) is 0 Å². The lowest BCUT2D eigenvalue weighted by molar-refractivity contribution is 0.0760. The van der Waals surface area contributed by atoms with Gasteiger partial charge in [0, 0.05) is 38.8 Å². The van der Waals surface area contributed by atoms with E-state index >= 15 is 0 Å². The Morgan fingerprint density at radius 3 is 2.58 bits per heavy atom. The van der Waals surface area contributed by atoms with Crippen molar-refractivity contribution < 1.29 is 9.53 Å². The number of aromatic nitrogens is 4. The number of carbonyl (C=O) groups excluding carboxylic acids is 1. The summed E-state index contributed by atoms with van der Waals surface area (Å²) >= 11 is 0. The third-order valence-corrected chi connectivity index (χ3v) is 5.61. The van der Waals surface area contributed by atoms with Gasteiger partial charge in [-0.15, -0.1) is 10.2 Å². The standard InChI is InChI=1S/C23H28N6O2/c1-3-20-19(16-24-29(20)21-10-11-22(31-2)26-25-21)23(30)28-13-7-12-27(14-15-28)17-18-8-5-4-6-9-18/h4-6,8-11,16H,3,7,12-15,17H2,1-2H3. The lowest BCUT2D eigenvalue weighted by atomic mass is 10.1. The Bertz CT molecular complexity index is 1000. The summed E-state index contributed by atoms with van der Waals surface area (Å²) in [4.78, 5) is 17.7. The van der Waals surface area contributed by atoms with Crippen molar-refractivity contribution in [3.8, 4) is 11.7 Å². The van der Waals surface area contributed by atoms with Gasteiger partial charge in [-0.1, -0.05) is 37.3 Å². The fourth-order valence-electron chi connectivity index (χ4n) is 3.97. The van der Waals surface area contributed by atoms with E-state index in [0.717, 1.165) is 38.3 Å². The molecule has 1 aliphatic heterocycles. The average molecular weight is 421 g/mol. The lowest BCUT2D eigenvalue weighted by Gasteiger charge is -2.22. The van der Waals surface area contributed by atoms with Crippen LogP contribution in [-0.4, -0.2) is 69.0 Å². The van der Waals surface area contributed by atoms with Gasteiger partial charge in [-0.3, -0.25) is 9.69 Å². The molecule has 8 nitrogen and oxygen atoms in total. The third-order valence-electron chi connectivity index (χ3n) is 5.61. The Labute approximate surface area is 182 Å². The first kappa shape index (κ1) is 21.0. The van der Waals surface area contributed by atoms with Crippen molar-refractivity contribution in [1.82, 2.24) is 29.8 Å². The van der Waals surface area contributed by atoms with Gasteiger partial charge in [0.1, 0.15) is 0 Å². The van der Waals surface area contributed by atoms with Gasteiger partial charge in [0.15, 0.2) is 5.82 Å². The molecular weight excluding hydrogens is 392 g/mol. The van der Waals surface area contributed by atoms with Gasteiger partial charge in [0.25, 0.3) is 5.91 Å². The Morgan fingerprint density at radius 2 is 1.87 bits per heavy atom.